The van der Waals surface area contributed by atoms with E-state index in [1.807, 2.05) is 31.2 Å². The molecule has 2 rings (SSSR count). The van der Waals surface area contributed by atoms with E-state index < -0.39 is 5.97 Å². The zero-order valence-electron chi connectivity index (χ0n) is 16.6. The quantitative estimate of drug-likeness (QED) is 0.396. The molecule has 0 spiro atoms. The fraction of sp³-hybridized carbons (Fsp3) is 0.417. The van der Waals surface area contributed by atoms with E-state index in [9.17, 15) is 10.1 Å². The predicted molar refractivity (Wildman–Crippen MR) is 109 cm³/mol. The molecule has 27 heavy (non-hydrogen) atoms. The van der Waals surface area contributed by atoms with E-state index in [2.05, 4.69) is 32.0 Å². The number of nitrogens with zero attached hydrogens (tertiary/aromatic N) is 1. The lowest BCUT2D eigenvalue weighted by Gasteiger charge is -2.17. The second-order valence-corrected chi connectivity index (χ2v) is 6.85. The van der Waals surface area contributed by atoms with Crippen molar-refractivity contribution in [2.75, 3.05) is 0 Å². The van der Waals surface area contributed by atoms with E-state index in [0.29, 0.717) is 17.5 Å². The summed E-state index contributed by atoms with van der Waals surface area (Å²) in [6.45, 7) is 6.27. The largest absolute Gasteiger partial charge is 0.454 e. The number of benzene rings is 2. The van der Waals surface area contributed by atoms with Gasteiger partial charge in [-0.25, -0.2) is 4.79 Å². The van der Waals surface area contributed by atoms with Gasteiger partial charge < -0.3 is 4.74 Å². The Bertz CT molecular complexity index is 787. The van der Waals surface area contributed by atoms with Gasteiger partial charge in [-0.3, -0.25) is 0 Å². The van der Waals surface area contributed by atoms with E-state index in [1.54, 1.807) is 6.07 Å². The highest BCUT2D eigenvalue weighted by Crippen LogP contribution is 2.24. The van der Waals surface area contributed by atoms with Crippen LogP contribution in [-0.2, 0) is 17.6 Å². The Labute approximate surface area is 163 Å². The van der Waals surface area contributed by atoms with Crippen molar-refractivity contribution in [3.8, 4) is 6.07 Å². The molecule has 0 heterocycles. The van der Waals surface area contributed by atoms with Crippen molar-refractivity contribution in [3.05, 3.63) is 70.3 Å². The molecular formula is C24H29NO2. The molecule has 0 aliphatic heterocycles. The topological polar surface area (TPSA) is 50.1 Å². The van der Waals surface area contributed by atoms with Crippen LogP contribution in [0.4, 0.5) is 0 Å². The first-order valence-electron chi connectivity index (χ1n) is 9.95. The molecule has 2 aromatic rings. The first-order valence-corrected chi connectivity index (χ1v) is 9.95. The fourth-order valence-electron chi connectivity index (χ4n) is 3.14. The monoisotopic (exact) mass is 363 g/mol. The van der Waals surface area contributed by atoms with Crippen LogP contribution in [0.25, 0.3) is 0 Å². The zero-order valence-corrected chi connectivity index (χ0v) is 16.6. The van der Waals surface area contributed by atoms with E-state index >= 15 is 0 Å². The van der Waals surface area contributed by atoms with Gasteiger partial charge in [0.2, 0.25) is 0 Å². The fourth-order valence-corrected chi connectivity index (χ4v) is 3.14. The van der Waals surface area contributed by atoms with Crippen LogP contribution in [0.1, 0.15) is 85.2 Å². The molecule has 0 saturated carbocycles. The van der Waals surface area contributed by atoms with Crippen LogP contribution in [0.15, 0.2) is 42.5 Å². The van der Waals surface area contributed by atoms with Gasteiger partial charge in [0, 0.05) is 0 Å². The van der Waals surface area contributed by atoms with Crippen molar-refractivity contribution < 1.29 is 9.53 Å². The Morgan fingerprint density at radius 2 is 1.74 bits per heavy atom. The summed E-state index contributed by atoms with van der Waals surface area (Å²) >= 11 is 0. The Balaban J connectivity index is 2.14. The van der Waals surface area contributed by atoms with Gasteiger partial charge in [-0.1, -0.05) is 63.9 Å². The van der Waals surface area contributed by atoms with Gasteiger partial charge >= 0.3 is 5.97 Å². The average molecular weight is 364 g/mol. The molecule has 0 radical (unpaired) electrons. The highest BCUT2D eigenvalue weighted by Gasteiger charge is 2.19. The molecule has 0 aromatic heterocycles. The van der Waals surface area contributed by atoms with Gasteiger partial charge in [0.25, 0.3) is 0 Å². The van der Waals surface area contributed by atoms with Crippen LogP contribution in [-0.4, -0.2) is 5.97 Å². The van der Waals surface area contributed by atoms with Gasteiger partial charge in [0.05, 0.1) is 11.1 Å². The van der Waals surface area contributed by atoms with E-state index in [0.717, 1.165) is 36.8 Å². The van der Waals surface area contributed by atoms with Crippen LogP contribution in [0, 0.1) is 11.3 Å². The number of ether oxygens (including phenoxy) is 1. The molecular weight excluding hydrogens is 334 g/mol. The smallest absolute Gasteiger partial charge is 0.340 e. The maximum absolute atomic E-state index is 12.7. The number of rotatable bonds is 9. The summed E-state index contributed by atoms with van der Waals surface area (Å²) in [6.07, 6.45) is 5.71. The Morgan fingerprint density at radius 3 is 2.33 bits per heavy atom. The molecule has 1 unspecified atom stereocenters. The lowest BCUT2D eigenvalue weighted by molar-refractivity contribution is 0.0287. The number of nitriles is 1. The van der Waals surface area contributed by atoms with Gasteiger partial charge in [-0.15, -0.1) is 0 Å². The van der Waals surface area contributed by atoms with Gasteiger partial charge in [0.1, 0.15) is 12.2 Å². The average Bonchev–Trinajstić information content (AvgIpc) is 2.72. The highest BCUT2D eigenvalue weighted by molar-refractivity contribution is 5.92. The number of unbranched alkanes of at least 4 members (excludes halogenated alkanes) is 2. The Morgan fingerprint density at radius 1 is 1.04 bits per heavy atom. The molecule has 0 saturated heterocycles. The molecule has 0 fully saturated rings. The number of esters is 1. The Kier molecular flexibility index (Phi) is 8.07. The summed E-state index contributed by atoms with van der Waals surface area (Å²) in [5.74, 6) is -0.432. The molecule has 3 heteroatoms. The number of carbonyl (C=O) groups is 1. The molecule has 142 valence electrons. The maximum atomic E-state index is 12.7. The number of carbonyl (C=O) groups excluding carboxylic acids is 1. The standard InChI is InChI=1S/C24H29NO2/c1-4-7-8-9-19-12-15-22(21(16-19)17-25)24(26)27-23(6-3)20-13-10-18(5-2)11-14-20/h10-16,23H,4-9H2,1-3H3. The van der Waals surface area contributed by atoms with Gasteiger partial charge in [0.15, 0.2) is 0 Å². The lowest BCUT2D eigenvalue weighted by atomic mass is 10.0. The van der Waals surface area contributed by atoms with Crippen molar-refractivity contribution in [1.82, 2.24) is 0 Å². The van der Waals surface area contributed by atoms with Crippen LogP contribution >= 0.6 is 0 Å². The van der Waals surface area contributed by atoms with Crippen LogP contribution in [0.2, 0.25) is 0 Å². The lowest BCUT2D eigenvalue weighted by Crippen LogP contribution is -2.13. The van der Waals surface area contributed by atoms with Crippen molar-refractivity contribution in [3.63, 3.8) is 0 Å². The van der Waals surface area contributed by atoms with E-state index in [-0.39, 0.29) is 6.10 Å². The molecule has 1 atom stereocenters. The van der Waals surface area contributed by atoms with Crippen molar-refractivity contribution in [2.24, 2.45) is 0 Å². The van der Waals surface area contributed by atoms with Crippen molar-refractivity contribution in [2.45, 2.75) is 65.4 Å². The summed E-state index contributed by atoms with van der Waals surface area (Å²) in [7, 11) is 0. The van der Waals surface area contributed by atoms with Crippen LogP contribution in [0.3, 0.4) is 0 Å². The SMILES string of the molecule is CCCCCc1ccc(C(=O)OC(CC)c2ccc(CC)cc2)c(C#N)c1. The molecule has 3 nitrogen and oxygen atoms in total. The van der Waals surface area contributed by atoms with Crippen LogP contribution in [0.5, 0.6) is 0 Å². The van der Waals surface area contributed by atoms with E-state index in [1.165, 1.54) is 12.0 Å². The third-order valence-corrected chi connectivity index (χ3v) is 4.87. The first-order chi connectivity index (χ1) is 13.1. The number of hydrogen-bond donors (Lipinski definition) is 0. The van der Waals surface area contributed by atoms with Crippen molar-refractivity contribution in [1.29, 1.82) is 5.26 Å². The third-order valence-electron chi connectivity index (χ3n) is 4.87. The number of aryl methyl sites for hydroxylation is 2. The van der Waals surface area contributed by atoms with Gasteiger partial charge in [-0.2, -0.15) is 5.26 Å². The van der Waals surface area contributed by atoms with Crippen molar-refractivity contribution >= 4 is 5.97 Å². The molecule has 0 bridgehead atoms. The minimum Gasteiger partial charge on any atom is -0.454 e. The summed E-state index contributed by atoms with van der Waals surface area (Å²) < 4.78 is 5.74. The summed E-state index contributed by atoms with van der Waals surface area (Å²) in [5.41, 5.74) is 4.08. The van der Waals surface area contributed by atoms with Gasteiger partial charge in [-0.05, 0) is 54.5 Å². The zero-order chi connectivity index (χ0) is 19.6. The Hall–Kier alpha value is -2.60. The molecule has 0 aliphatic carbocycles. The minimum atomic E-state index is -0.432. The molecule has 0 aliphatic rings. The predicted octanol–water partition coefficient (Wildman–Crippen LogP) is 6.16. The van der Waals surface area contributed by atoms with E-state index in [4.69, 9.17) is 4.74 Å². The second-order valence-electron chi connectivity index (χ2n) is 6.85. The molecule has 0 N–H and O–H groups in total. The van der Waals surface area contributed by atoms with Crippen LogP contribution < -0.4 is 0 Å². The summed E-state index contributed by atoms with van der Waals surface area (Å²) in [4.78, 5) is 12.7. The summed E-state index contributed by atoms with van der Waals surface area (Å²) in [6, 6.07) is 15.8. The number of hydrogen-bond acceptors (Lipinski definition) is 3. The first kappa shape index (κ1) is 20.7. The second kappa shape index (κ2) is 10.5. The highest BCUT2D eigenvalue weighted by atomic mass is 16.5. The normalized spacial score (nSPS) is 11.6. The molecule has 0 amide bonds. The third kappa shape index (κ3) is 5.69. The summed E-state index contributed by atoms with van der Waals surface area (Å²) in [5, 5.41) is 9.47. The minimum absolute atomic E-state index is 0.306. The molecule has 2 aromatic carbocycles. The maximum Gasteiger partial charge on any atom is 0.340 e.